The van der Waals surface area contributed by atoms with Gasteiger partial charge >= 0.3 is 6.01 Å². The van der Waals surface area contributed by atoms with Crippen LogP contribution >= 0.6 is 0 Å². The van der Waals surface area contributed by atoms with E-state index >= 15 is 9.18 Å². The fourth-order valence-corrected chi connectivity index (χ4v) is 14.1. The van der Waals surface area contributed by atoms with Gasteiger partial charge in [-0.25, -0.2) is 8.91 Å². The van der Waals surface area contributed by atoms with Gasteiger partial charge in [-0.15, -0.1) is 0 Å². The van der Waals surface area contributed by atoms with Gasteiger partial charge < -0.3 is 49.8 Å². The summed E-state index contributed by atoms with van der Waals surface area (Å²) in [4.78, 5) is 60.9. The summed E-state index contributed by atoms with van der Waals surface area (Å²) in [6.07, 6.45) is 9.90. The zero-order chi connectivity index (χ0) is 60.2. The minimum absolute atomic E-state index is 0.0219. The average Bonchev–Trinajstić information content (AvgIpc) is 1.43. The molecule has 2 amide bonds. The Kier molecular flexibility index (Phi) is 14.0. The fourth-order valence-electron chi connectivity index (χ4n) is 14.1. The first kappa shape index (κ1) is 55.7. The van der Waals surface area contributed by atoms with Crippen molar-refractivity contribution in [2.24, 2.45) is 5.92 Å². The molecule has 24 heteroatoms. The molecule has 0 spiro atoms. The second-order valence-electron chi connectivity index (χ2n) is 24.6. The molecule has 2 bridgehead atoms. The van der Waals surface area contributed by atoms with Crippen molar-refractivity contribution in [2.75, 3.05) is 44.4 Å². The Morgan fingerprint density at radius 3 is 2.52 bits per heavy atom. The van der Waals surface area contributed by atoms with Crippen molar-refractivity contribution >= 4 is 66.8 Å². The Bertz CT molecular complexity index is 4470. The van der Waals surface area contributed by atoms with Gasteiger partial charge in [0.15, 0.2) is 11.3 Å². The van der Waals surface area contributed by atoms with Crippen LogP contribution in [0.1, 0.15) is 99.6 Å². The highest BCUT2D eigenvalue weighted by Gasteiger charge is 2.44. The number of likely N-dealkylation sites (tertiary alicyclic amines) is 1. The number of amides is 2. The average molecular weight is 1190 g/mol. The van der Waals surface area contributed by atoms with Gasteiger partial charge in [-0.05, 0) is 98.0 Å². The number of halogens is 1. The molecule has 5 fully saturated rings. The van der Waals surface area contributed by atoms with E-state index in [0.29, 0.717) is 99.5 Å². The standard InChI is InChI=1S/C64H68FN15O8/c1-5-78-51(13-16-68-78)52-11-10-41(50-12-17-69-80(50)52)49(30-81)71-61(83)53-22-38(82)28-77(53)63(85)58(32(2)3)79-29-45-40-9-6-34(20-47(40)70-62(84)57(45)75-79)31-87-59-55(54-33(4)46(65)24-48-44(54)26-67-74-48)42(35-7-8-35)23-43-56(59)72-64(88-39-14-18-86-19-15-39)73-60(43)76-27-36-21-37(76)25-66-36/h6,9-13,16-17,20,23-24,26,29,32,35-39,49,53,58,66,81-82H,5,7-8,14-15,18-19,21-22,25,27-28,30-31H2,1-4H3,(H,67,74)(H,70,84)(H,71,83)/t36-,37-,38+,49-,53-,58-/m0/s1. The van der Waals surface area contributed by atoms with E-state index in [4.69, 9.17) is 29.3 Å². The monoisotopic (exact) mass is 1190 g/mol. The Morgan fingerprint density at radius 1 is 0.909 bits per heavy atom. The van der Waals surface area contributed by atoms with Gasteiger partial charge in [-0.3, -0.25) is 28.8 Å². The van der Waals surface area contributed by atoms with Crippen LogP contribution in [-0.2, 0) is 27.5 Å². The molecular formula is C64H68FN15O8. The molecule has 1 saturated carbocycles. The maximum atomic E-state index is 16.3. The molecule has 0 radical (unpaired) electrons. The normalized spacial score (nSPS) is 20.5. The zero-order valence-electron chi connectivity index (χ0n) is 49.2. The van der Waals surface area contributed by atoms with E-state index in [1.54, 1.807) is 36.2 Å². The molecular weight excluding hydrogens is 1130 g/mol. The number of fused-ring (bicyclic) bond motifs is 8. The second-order valence-corrected chi connectivity index (χ2v) is 24.6. The molecule has 3 aromatic carbocycles. The van der Waals surface area contributed by atoms with Gasteiger partial charge in [0.1, 0.15) is 41.9 Å². The molecule has 6 atom stereocenters. The number of nitrogens with zero attached hydrogens (tertiary/aromatic N) is 11. The molecule has 5 aliphatic rings. The van der Waals surface area contributed by atoms with Crippen LogP contribution < -0.4 is 30.6 Å². The van der Waals surface area contributed by atoms with Crippen molar-refractivity contribution in [3.05, 3.63) is 118 Å². The summed E-state index contributed by atoms with van der Waals surface area (Å²) in [6, 6.07) is 14.6. The number of β-amino-alcohol motifs (C(OH)–C–C–N with tert-alkyl or cyclic N) is 1. The third-order valence-electron chi connectivity index (χ3n) is 18.6. The van der Waals surface area contributed by atoms with E-state index in [9.17, 15) is 19.8 Å². The molecule has 15 rings (SSSR count). The fraction of sp³-hybridized carbons (Fsp3) is 0.422. The lowest BCUT2D eigenvalue weighted by molar-refractivity contribution is -0.142. The van der Waals surface area contributed by atoms with Gasteiger partial charge in [0.2, 0.25) is 11.8 Å². The van der Waals surface area contributed by atoms with Crippen molar-refractivity contribution in [3.63, 3.8) is 0 Å². The van der Waals surface area contributed by atoms with Crippen molar-refractivity contribution in [1.29, 1.82) is 0 Å². The van der Waals surface area contributed by atoms with Crippen molar-refractivity contribution in [3.8, 4) is 34.3 Å². The van der Waals surface area contributed by atoms with E-state index in [0.717, 1.165) is 71.5 Å². The Hall–Kier alpha value is -8.84. The lowest BCUT2D eigenvalue weighted by atomic mass is 9.88. The van der Waals surface area contributed by atoms with Crippen LogP contribution in [-0.4, -0.2) is 151 Å². The van der Waals surface area contributed by atoms with Crippen LogP contribution in [0.15, 0.2) is 84.2 Å². The van der Waals surface area contributed by atoms with Gasteiger partial charge in [0.05, 0.1) is 66.8 Å². The summed E-state index contributed by atoms with van der Waals surface area (Å²) in [7, 11) is 0. The molecule has 11 heterocycles. The minimum atomic E-state index is -1.08. The number of benzene rings is 3. The topological polar surface area (TPSA) is 273 Å². The summed E-state index contributed by atoms with van der Waals surface area (Å²) in [6.45, 7) is 10.4. The summed E-state index contributed by atoms with van der Waals surface area (Å²) in [5, 5.41) is 52.4. The summed E-state index contributed by atoms with van der Waals surface area (Å²) >= 11 is 0. The number of piperazine rings is 1. The number of aryl methyl sites for hydroxylation is 1. The predicted molar refractivity (Wildman–Crippen MR) is 326 cm³/mol. The van der Waals surface area contributed by atoms with Crippen molar-refractivity contribution in [1.82, 2.24) is 69.9 Å². The summed E-state index contributed by atoms with van der Waals surface area (Å²) in [5.74, 6) is -0.350. The number of carbonyl (C=O) groups excluding carboxylic acids is 2. The van der Waals surface area contributed by atoms with Crippen LogP contribution in [0.4, 0.5) is 10.2 Å². The van der Waals surface area contributed by atoms with Crippen LogP contribution in [0.2, 0.25) is 0 Å². The number of nitrogens with one attached hydrogen (secondary N) is 4. The van der Waals surface area contributed by atoms with Crippen LogP contribution in [0.25, 0.3) is 71.6 Å². The first-order valence-electron chi connectivity index (χ1n) is 30.6. The van der Waals surface area contributed by atoms with Crippen molar-refractivity contribution < 1.29 is 38.4 Å². The highest BCUT2D eigenvalue weighted by molar-refractivity contribution is 6.07. The molecule has 6 N–H and O–H groups in total. The second kappa shape index (κ2) is 22.1. The van der Waals surface area contributed by atoms with Crippen LogP contribution in [0.5, 0.6) is 11.8 Å². The number of anilines is 1. The quantitative estimate of drug-likeness (QED) is 0.0540. The molecule has 1 aliphatic carbocycles. The van der Waals surface area contributed by atoms with E-state index in [1.165, 1.54) is 15.6 Å². The third-order valence-corrected chi connectivity index (χ3v) is 18.6. The number of pyridine rings is 2. The van der Waals surface area contributed by atoms with Gasteiger partial charge in [0.25, 0.3) is 5.56 Å². The molecule has 23 nitrogen and oxygen atoms in total. The first-order valence-corrected chi connectivity index (χ1v) is 30.6. The van der Waals surface area contributed by atoms with Gasteiger partial charge in [-0.2, -0.15) is 30.4 Å². The molecule has 4 aliphatic heterocycles. The molecule has 7 aromatic heterocycles. The highest BCUT2D eigenvalue weighted by atomic mass is 19.1. The molecule has 0 unspecified atom stereocenters. The third kappa shape index (κ3) is 9.58. The predicted octanol–water partition coefficient (Wildman–Crippen LogP) is 6.92. The number of aromatic amines is 2. The Morgan fingerprint density at radius 2 is 1.75 bits per heavy atom. The molecule has 454 valence electrons. The van der Waals surface area contributed by atoms with Crippen LogP contribution in [0, 0.1) is 18.7 Å². The number of hydrogen-bond donors (Lipinski definition) is 6. The highest BCUT2D eigenvalue weighted by Crippen LogP contribution is 2.54. The SMILES string of the molecule is CCn1nccc1-c1ccc([C@H](CO)NC(=O)[C@@H]2C[C@@H](O)CN2C(=O)[C@H](C(C)C)n2cc3c(n2)c(=O)[nH]c2cc(COc4c(-c5c(C)c(F)cc6[nH]ncc56)c(C5CC5)cc5c(N6C[C@@H]7C[C@H]6CN7)nc(OC6CCOCC6)nc45)ccc23)c2ccnn12. The van der Waals surface area contributed by atoms with Gasteiger partial charge in [-0.1, -0.05) is 32.0 Å². The summed E-state index contributed by atoms with van der Waals surface area (Å²) in [5.41, 5.74) is 7.75. The van der Waals surface area contributed by atoms with E-state index in [1.807, 2.05) is 67.9 Å². The number of H-pyrrole nitrogens is 2. The van der Waals surface area contributed by atoms with E-state index in [-0.39, 0.29) is 60.9 Å². The number of ether oxygens (including phenoxy) is 3. The van der Waals surface area contributed by atoms with E-state index < -0.39 is 48.2 Å². The number of aromatic nitrogens is 11. The Labute approximate surface area is 503 Å². The molecule has 10 aromatic rings. The number of aliphatic hydroxyl groups is 2. The number of rotatable bonds is 17. The maximum absolute atomic E-state index is 16.3. The number of aliphatic hydroxyl groups excluding tert-OH is 2. The minimum Gasteiger partial charge on any atom is -0.486 e. The van der Waals surface area contributed by atoms with E-state index in [2.05, 4.69) is 47.0 Å². The zero-order valence-corrected chi connectivity index (χ0v) is 49.2. The summed E-state index contributed by atoms with van der Waals surface area (Å²) < 4.78 is 40.9. The molecule has 4 saturated heterocycles. The van der Waals surface area contributed by atoms with Crippen molar-refractivity contribution in [2.45, 2.75) is 128 Å². The number of hydrogen-bond acceptors (Lipinski definition) is 16. The molecule has 88 heavy (non-hydrogen) atoms. The smallest absolute Gasteiger partial charge is 0.319 e. The van der Waals surface area contributed by atoms with Gasteiger partial charge in [0, 0.05) is 114 Å². The van der Waals surface area contributed by atoms with Crippen LogP contribution in [0.3, 0.4) is 0 Å². The maximum Gasteiger partial charge on any atom is 0.319 e. The Balaban J connectivity index is 0.758. The lowest BCUT2D eigenvalue weighted by Crippen LogP contribution is -2.50. The first-order chi connectivity index (χ1) is 42.8. The number of carbonyl (C=O) groups is 2. The lowest BCUT2D eigenvalue weighted by Gasteiger charge is -2.31. The largest absolute Gasteiger partial charge is 0.486 e.